The number of ketones is 1. The Morgan fingerprint density at radius 2 is 1.94 bits per heavy atom. The smallest absolute Gasteiger partial charge is 0.162 e. The molecule has 0 radical (unpaired) electrons. The molecule has 0 unspecified atom stereocenters. The molecule has 86 valence electrons. The van der Waals surface area contributed by atoms with Crippen LogP contribution in [0.15, 0.2) is 24.3 Å². The number of hydrogen-bond acceptors (Lipinski definition) is 2. The molecule has 1 heterocycles. The predicted molar refractivity (Wildman–Crippen MR) is 66.6 cm³/mol. The first-order chi connectivity index (χ1) is 7.83. The second kappa shape index (κ2) is 4.28. The number of carbonyl (C=O) groups excluding carboxylic acids is 1. The zero-order valence-electron chi connectivity index (χ0n) is 10.0. The topological polar surface area (TPSA) is 29.1 Å². The maximum atomic E-state index is 11.9. The Morgan fingerprint density at radius 1 is 1.19 bits per heavy atom. The summed E-state index contributed by atoms with van der Waals surface area (Å²) < 4.78 is 0. The summed E-state index contributed by atoms with van der Waals surface area (Å²) in [5, 5.41) is 3.34. The van der Waals surface area contributed by atoms with E-state index in [2.05, 4.69) is 11.4 Å². The number of benzene rings is 1. The van der Waals surface area contributed by atoms with Gasteiger partial charge in [-0.05, 0) is 25.3 Å². The lowest BCUT2D eigenvalue weighted by Crippen LogP contribution is -2.52. The van der Waals surface area contributed by atoms with E-state index >= 15 is 0 Å². The Bertz CT molecular complexity index is 399. The summed E-state index contributed by atoms with van der Waals surface area (Å²) in [5.74, 6) is 0.377. The highest BCUT2D eigenvalue weighted by atomic mass is 16.1. The number of anilines is 1. The van der Waals surface area contributed by atoms with Crippen LogP contribution in [0, 0.1) is 0 Å². The van der Waals surface area contributed by atoms with Crippen LogP contribution in [0.5, 0.6) is 0 Å². The molecule has 0 aromatic heterocycles. The summed E-state index contributed by atoms with van der Waals surface area (Å²) in [4.78, 5) is 11.9. The summed E-state index contributed by atoms with van der Waals surface area (Å²) in [6, 6.07) is 8.15. The van der Waals surface area contributed by atoms with Crippen LogP contribution in [0.1, 0.15) is 45.1 Å². The van der Waals surface area contributed by atoms with Gasteiger partial charge in [0.1, 0.15) is 5.54 Å². The molecule has 2 nitrogen and oxygen atoms in total. The fraction of sp³-hybridized carbons (Fsp3) is 0.500. The summed E-state index contributed by atoms with van der Waals surface area (Å²) >= 11 is 0. The van der Waals surface area contributed by atoms with E-state index < -0.39 is 0 Å². The maximum Gasteiger partial charge on any atom is 0.162 e. The molecule has 2 aliphatic rings. The van der Waals surface area contributed by atoms with Gasteiger partial charge in [-0.25, -0.2) is 0 Å². The van der Waals surface area contributed by atoms with Gasteiger partial charge in [-0.1, -0.05) is 32.0 Å². The van der Waals surface area contributed by atoms with Crippen LogP contribution in [0.3, 0.4) is 0 Å². The van der Waals surface area contributed by atoms with Gasteiger partial charge in [-0.15, -0.1) is 0 Å². The molecule has 16 heavy (non-hydrogen) atoms. The minimum absolute atomic E-state index is 0.297. The fourth-order valence-corrected chi connectivity index (χ4v) is 2.64. The average Bonchev–Trinajstić information content (AvgIpc) is 2.32. The lowest BCUT2D eigenvalue weighted by atomic mass is 9.70. The van der Waals surface area contributed by atoms with Gasteiger partial charge in [0.2, 0.25) is 0 Å². The Labute approximate surface area is 97.1 Å². The van der Waals surface area contributed by atoms with Crippen LogP contribution < -0.4 is 5.32 Å². The van der Waals surface area contributed by atoms with Crippen molar-refractivity contribution in [3.05, 3.63) is 29.8 Å². The molecule has 0 saturated heterocycles. The molecular weight excluding hydrogens is 198 g/mol. The number of rotatable bonds is 0. The van der Waals surface area contributed by atoms with Gasteiger partial charge in [0.25, 0.3) is 0 Å². The second-order valence-corrected chi connectivity index (χ2v) is 4.21. The van der Waals surface area contributed by atoms with Gasteiger partial charge in [0, 0.05) is 17.7 Å². The molecule has 1 spiro atoms. The molecule has 1 aromatic carbocycles. The lowest BCUT2D eigenvalue weighted by molar-refractivity contribution is -0.126. The first kappa shape index (κ1) is 11.2. The van der Waals surface area contributed by atoms with Crippen LogP contribution >= 0.6 is 0 Å². The number of carbonyl (C=O) groups is 1. The Morgan fingerprint density at radius 3 is 2.62 bits per heavy atom. The number of nitrogens with one attached hydrogen (secondary N) is 1. The van der Waals surface area contributed by atoms with Crippen LogP contribution in [0.4, 0.5) is 5.69 Å². The highest BCUT2D eigenvalue weighted by molar-refractivity contribution is 5.99. The predicted octanol–water partition coefficient (Wildman–Crippen LogP) is 3.48. The lowest BCUT2D eigenvalue weighted by Gasteiger charge is -2.46. The van der Waals surface area contributed by atoms with Crippen molar-refractivity contribution in [1.29, 1.82) is 0 Å². The van der Waals surface area contributed by atoms with E-state index in [9.17, 15) is 4.79 Å². The van der Waals surface area contributed by atoms with E-state index in [1.54, 1.807) is 0 Å². The van der Waals surface area contributed by atoms with E-state index in [4.69, 9.17) is 0 Å². The zero-order valence-corrected chi connectivity index (χ0v) is 10.0. The molecule has 1 aliphatic carbocycles. The molecule has 1 aromatic rings. The minimum atomic E-state index is -0.297. The standard InChI is InChI=1S/C12H13NO.C2H6/c14-11-7-3-4-8-12(11)9-5-1-2-6-10(9)13-12;1-2/h1-2,5-6,13H,3-4,7-8H2;1-2H3/t12-;/m1./s1. The zero-order chi connectivity index (χ0) is 11.6. The number of fused-ring (bicyclic) bond motifs is 2. The quantitative estimate of drug-likeness (QED) is 0.721. The van der Waals surface area contributed by atoms with E-state index in [1.807, 2.05) is 32.0 Å². The molecule has 1 saturated carbocycles. The number of Topliss-reactive ketones (excluding diaryl/α,β-unsaturated/α-hetero) is 1. The van der Waals surface area contributed by atoms with Gasteiger partial charge in [-0.3, -0.25) is 4.79 Å². The van der Waals surface area contributed by atoms with Gasteiger partial charge < -0.3 is 5.32 Å². The molecule has 0 amide bonds. The highest BCUT2D eigenvalue weighted by Gasteiger charge is 2.48. The molecule has 1 atom stereocenters. The Hall–Kier alpha value is -1.31. The van der Waals surface area contributed by atoms with Crippen LogP contribution in [-0.4, -0.2) is 5.78 Å². The van der Waals surface area contributed by atoms with Crippen molar-refractivity contribution in [2.75, 3.05) is 5.32 Å². The Balaban J connectivity index is 0.000000457. The molecule has 1 aliphatic heterocycles. The molecule has 2 heteroatoms. The number of hydrogen-bond donors (Lipinski definition) is 1. The maximum absolute atomic E-state index is 11.9. The van der Waals surface area contributed by atoms with Gasteiger partial charge in [-0.2, -0.15) is 0 Å². The van der Waals surface area contributed by atoms with Crippen molar-refractivity contribution in [1.82, 2.24) is 0 Å². The van der Waals surface area contributed by atoms with E-state index in [-0.39, 0.29) is 5.54 Å². The third kappa shape index (κ3) is 1.44. The Kier molecular flexibility index (Phi) is 2.99. The average molecular weight is 217 g/mol. The monoisotopic (exact) mass is 217 g/mol. The van der Waals surface area contributed by atoms with Crippen LogP contribution in [0.25, 0.3) is 0 Å². The molecular formula is C14H19NO. The third-order valence-corrected chi connectivity index (χ3v) is 3.42. The van der Waals surface area contributed by atoms with Crippen molar-refractivity contribution in [2.45, 2.75) is 45.1 Å². The summed E-state index contributed by atoms with van der Waals surface area (Å²) in [6.45, 7) is 4.00. The van der Waals surface area contributed by atoms with Crippen molar-refractivity contribution in [2.24, 2.45) is 0 Å². The van der Waals surface area contributed by atoms with Crippen LogP contribution in [0.2, 0.25) is 0 Å². The van der Waals surface area contributed by atoms with Gasteiger partial charge in [0.05, 0.1) is 0 Å². The summed E-state index contributed by atoms with van der Waals surface area (Å²) in [6.07, 6.45) is 3.93. The van der Waals surface area contributed by atoms with E-state index in [0.29, 0.717) is 5.78 Å². The molecule has 1 N–H and O–H groups in total. The molecule has 3 rings (SSSR count). The minimum Gasteiger partial charge on any atom is -0.369 e. The van der Waals surface area contributed by atoms with Crippen molar-refractivity contribution in [3.63, 3.8) is 0 Å². The summed E-state index contributed by atoms with van der Waals surface area (Å²) in [5.41, 5.74) is 2.06. The fourth-order valence-electron chi connectivity index (χ4n) is 2.64. The summed E-state index contributed by atoms with van der Waals surface area (Å²) in [7, 11) is 0. The highest BCUT2D eigenvalue weighted by Crippen LogP contribution is 2.47. The van der Waals surface area contributed by atoms with Crippen molar-refractivity contribution in [3.8, 4) is 0 Å². The third-order valence-electron chi connectivity index (χ3n) is 3.42. The van der Waals surface area contributed by atoms with Crippen molar-refractivity contribution >= 4 is 11.5 Å². The first-order valence-electron chi connectivity index (χ1n) is 6.24. The second-order valence-electron chi connectivity index (χ2n) is 4.21. The van der Waals surface area contributed by atoms with Gasteiger partial charge >= 0.3 is 0 Å². The number of para-hydroxylation sites is 1. The molecule has 0 bridgehead atoms. The molecule has 1 fully saturated rings. The van der Waals surface area contributed by atoms with Gasteiger partial charge in [0.15, 0.2) is 5.78 Å². The largest absolute Gasteiger partial charge is 0.369 e. The van der Waals surface area contributed by atoms with Crippen LogP contribution in [-0.2, 0) is 10.3 Å². The van der Waals surface area contributed by atoms with Crippen molar-refractivity contribution < 1.29 is 4.79 Å². The van der Waals surface area contributed by atoms with E-state index in [0.717, 1.165) is 31.4 Å². The first-order valence-corrected chi connectivity index (χ1v) is 6.24. The van der Waals surface area contributed by atoms with E-state index in [1.165, 1.54) is 5.56 Å². The SMILES string of the molecule is CC.O=C1CCCC[C@]12Nc1ccccc12. The normalized spacial score (nSPS) is 26.0.